The molecule has 0 saturated heterocycles. The van der Waals surface area contributed by atoms with Gasteiger partial charge in [0.2, 0.25) is 17.7 Å². The first-order valence-corrected chi connectivity index (χ1v) is 9.14. The second-order valence-electron chi connectivity index (χ2n) is 7.11. The van der Waals surface area contributed by atoms with Crippen LogP contribution < -0.4 is 10.6 Å². The second-order valence-corrected chi connectivity index (χ2v) is 7.11. The van der Waals surface area contributed by atoms with Crippen LogP contribution in [-0.2, 0) is 14.4 Å². The molecule has 0 saturated carbocycles. The summed E-state index contributed by atoms with van der Waals surface area (Å²) < 4.78 is 0. The average molecular weight is 361 g/mol. The predicted molar refractivity (Wildman–Crippen MR) is 104 cm³/mol. The number of carbonyl (C=O) groups is 3. The lowest BCUT2D eigenvalue weighted by atomic mass is 10.1. The first kappa shape index (κ1) is 21.7. The summed E-state index contributed by atoms with van der Waals surface area (Å²) >= 11 is 0. The van der Waals surface area contributed by atoms with Crippen molar-refractivity contribution in [2.45, 2.75) is 41.0 Å². The number of hydrogen-bond acceptors (Lipinski definition) is 3. The van der Waals surface area contributed by atoms with Gasteiger partial charge in [0.25, 0.3) is 0 Å². The average Bonchev–Trinajstić information content (AvgIpc) is 2.59. The van der Waals surface area contributed by atoms with Crippen molar-refractivity contribution in [2.24, 2.45) is 11.8 Å². The van der Waals surface area contributed by atoms with Crippen molar-refractivity contribution < 1.29 is 14.4 Å². The van der Waals surface area contributed by atoms with Crippen LogP contribution in [0.4, 0.5) is 5.69 Å². The molecule has 0 aromatic heterocycles. The van der Waals surface area contributed by atoms with E-state index in [0.29, 0.717) is 12.2 Å². The smallest absolute Gasteiger partial charge is 0.243 e. The van der Waals surface area contributed by atoms with Gasteiger partial charge in [-0.1, -0.05) is 45.4 Å². The maximum Gasteiger partial charge on any atom is 0.243 e. The van der Waals surface area contributed by atoms with Crippen molar-refractivity contribution in [3.05, 3.63) is 29.8 Å². The fourth-order valence-corrected chi connectivity index (χ4v) is 2.41. The standard InChI is InChI=1S/C20H31N3O3/c1-6-16(5)20(26)23(12-14(2)3)13-19(25)21-11-18(24)22-17-9-7-15(4)8-10-17/h7-10,14,16H,6,11-13H2,1-5H3,(H,21,25)(H,22,24). The van der Waals surface area contributed by atoms with E-state index in [-0.39, 0.29) is 42.6 Å². The molecule has 0 aliphatic rings. The van der Waals surface area contributed by atoms with Gasteiger partial charge in [0, 0.05) is 18.2 Å². The van der Waals surface area contributed by atoms with Crippen molar-refractivity contribution in [1.29, 1.82) is 0 Å². The van der Waals surface area contributed by atoms with E-state index in [1.165, 1.54) is 0 Å². The van der Waals surface area contributed by atoms with Gasteiger partial charge < -0.3 is 15.5 Å². The van der Waals surface area contributed by atoms with Crippen molar-refractivity contribution in [2.75, 3.05) is 25.0 Å². The zero-order valence-corrected chi connectivity index (χ0v) is 16.5. The molecule has 6 nitrogen and oxygen atoms in total. The summed E-state index contributed by atoms with van der Waals surface area (Å²) in [5.41, 5.74) is 1.79. The number of rotatable bonds is 9. The van der Waals surface area contributed by atoms with Crippen LogP contribution in [0, 0.1) is 18.8 Å². The van der Waals surface area contributed by atoms with Crippen molar-refractivity contribution in [3.63, 3.8) is 0 Å². The molecule has 0 heterocycles. The minimum atomic E-state index is -0.332. The zero-order chi connectivity index (χ0) is 19.7. The van der Waals surface area contributed by atoms with Crippen LogP contribution in [0.1, 0.15) is 39.7 Å². The van der Waals surface area contributed by atoms with Crippen LogP contribution in [0.25, 0.3) is 0 Å². The Bertz CT molecular complexity index is 611. The van der Waals surface area contributed by atoms with E-state index in [2.05, 4.69) is 10.6 Å². The molecule has 144 valence electrons. The van der Waals surface area contributed by atoms with Crippen molar-refractivity contribution in [3.8, 4) is 0 Å². The summed E-state index contributed by atoms with van der Waals surface area (Å²) in [7, 11) is 0. The van der Waals surface area contributed by atoms with Crippen LogP contribution >= 0.6 is 0 Å². The minimum absolute atomic E-state index is 0.0274. The molecule has 1 atom stereocenters. The number of aryl methyl sites for hydroxylation is 1. The number of nitrogens with zero attached hydrogens (tertiary/aromatic N) is 1. The molecular formula is C20H31N3O3. The van der Waals surface area contributed by atoms with Gasteiger partial charge >= 0.3 is 0 Å². The summed E-state index contributed by atoms with van der Waals surface area (Å²) in [5, 5.41) is 5.31. The molecule has 6 heteroatoms. The van der Waals surface area contributed by atoms with Gasteiger partial charge in [-0.3, -0.25) is 14.4 Å². The SMILES string of the molecule is CCC(C)C(=O)N(CC(=O)NCC(=O)Nc1ccc(C)cc1)CC(C)C. The van der Waals surface area contributed by atoms with Crippen LogP contribution in [0.5, 0.6) is 0 Å². The first-order valence-electron chi connectivity index (χ1n) is 9.14. The Labute approximate surface area is 156 Å². The summed E-state index contributed by atoms with van der Waals surface area (Å²) in [6.07, 6.45) is 0.730. The minimum Gasteiger partial charge on any atom is -0.345 e. The molecule has 3 amide bonds. The molecule has 0 aliphatic heterocycles. The number of nitrogens with one attached hydrogen (secondary N) is 2. The van der Waals surface area contributed by atoms with Gasteiger partial charge in [-0.25, -0.2) is 0 Å². The Morgan fingerprint density at radius 3 is 2.19 bits per heavy atom. The number of hydrogen-bond donors (Lipinski definition) is 2. The molecular weight excluding hydrogens is 330 g/mol. The van der Waals surface area contributed by atoms with Crippen molar-refractivity contribution >= 4 is 23.4 Å². The molecule has 0 spiro atoms. The number of benzene rings is 1. The van der Waals surface area contributed by atoms with Gasteiger partial charge in [-0.15, -0.1) is 0 Å². The van der Waals surface area contributed by atoms with Crippen molar-refractivity contribution in [1.82, 2.24) is 10.2 Å². The lowest BCUT2D eigenvalue weighted by Crippen LogP contribution is -2.45. The maximum atomic E-state index is 12.4. The van der Waals surface area contributed by atoms with Gasteiger partial charge in [-0.05, 0) is 31.4 Å². The topological polar surface area (TPSA) is 78.5 Å². The van der Waals surface area contributed by atoms with E-state index >= 15 is 0 Å². The van der Waals surface area contributed by atoms with E-state index in [0.717, 1.165) is 12.0 Å². The summed E-state index contributed by atoms with van der Waals surface area (Å²) in [6.45, 7) is 10.2. The molecule has 26 heavy (non-hydrogen) atoms. The highest BCUT2D eigenvalue weighted by Gasteiger charge is 2.22. The first-order chi connectivity index (χ1) is 12.2. The highest BCUT2D eigenvalue weighted by Crippen LogP contribution is 2.10. The molecule has 0 radical (unpaired) electrons. The summed E-state index contributed by atoms with van der Waals surface area (Å²) in [4.78, 5) is 38.1. The Kier molecular flexibility index (Phi) is 8.82. The van der Waals surface area contributed by atoms with E-state index in [1.54, 1.807) is 4.90 Å². The monoisotopic (exact) mass is 361 g/mol. The summed E-state index contributed by atoms with van der Waals surface area (Å²) in [5.74, 6) is -0.514. The Morgan fingerprint density at radius 1 is 1.04 bits per heavy atom. The molecule has 0 aliphatic carbocycles. The fraction of sp³-hybridized carbons (Fsp3) is 0.550. The van der Waals surface area contributed by atoms with Gasteiger partial charge in [0.05, 0.1) is 13.1 Å². The fourth-order valence-electron chi connectivity index (χ4n) is 2.41. The van der Waals surface area contributed by atoms with Crippen LogP contribution in [0.2, 0.25) is 0 Å². The van der Waals surface area contributed by atoms with Crippen LogP contribution in [0.15, 0.2) is 24.3 Å². The third kappa shape index (κ3) is 7.68. The van der Waals surface area contributed by atoms with E-state index < -0.39 is 0 Å². The molecule has 0 bridgehead atoms. The largest absolute Gasteiger partial charge is 0.345 e. The molecule has 2 N–H and O–H groups in total. The Balaban J connectivity index is 2.52. The third-order valence-electron chi connectivity index (χ3n) is 4.05. The maximum absolute atomic E-state index is 12.4. The van der Waals surface area contributed by atoms with Gasteiger partial charge in [0.1, 0.15) is 0 Å². The highest BCUT2D eigenvalue weighted by molar-refractivity contribution is 5.95. The summed E-state index contributed by atoms with van der Waals surface area (Å²) in [6, 6.07) is 7.42. The number of carbonyl (C=O) groups excluding carboxylic acids is 3. The third-order valence-corrected chi connectivity index (χ3v) is 4.05. The second kappa shape index (κ2) is 10.6. The number of amides is 3. The Morgan fingerprint density at radius 2 is 1.65 bits per heavy atom. The number of anilines is 1. The Hall–Kier alpha value is -2.37. The van der Waals surface area contributed by atoms with Crippen LogP contribution in [-0.4, -0.2) is 42.3 Å². The molecule has 1 aromatic rings. The van der Waals surface area contributed by atoms with Crippen LogP contribution in [0.3, 0.4) is 0 Å². The molecule has 1 aromatic carbocycles. The van der Waals surface area contributed by atoms with Gasteiger partial charge in [-0.2, -0.15) is 0 Å². The lowest BCUT2D eigenvalue weighted by Gasteiger charge is -2.26. The quantitative estimate of drug-likeness (QED) is 0.709. The van der Waals surface area contributed by atoms with Gasteiger partial charge in [0.15, 0.2) is 0 Å². The van der Waals surface area contributed by atoms with E-state index in [9.17, 15) is 14.4 Å². The molecule has 1 rings (SSSR count). The van der Waals surface area contributed by atoms with E-state index in [1.807, 2.05) is 58.9 Å². The normalized spacial score (nSPS) is 11.8. The lowest BCUT2D eigenvalue weighted by molar-refractivity contribution is -0.139. The highest BCUT2D eigenvalue weighted by atomic mass is 16.2. The molecule has 0 fully saturated rings. The predicted octanol–water partition coefficient (Wildman–Crippen LogP) is 2.58. The molecule has 1 unspecified atom stereocenters. The van der Waals surface area contributed by atoms with E-state index in [4.69, 9.17) is 0 Å². The zero-order valence-electron chi connectivity index (χ0n) is 16.5.